The van der Waals surface area contributed by atoms with E-state index in [4.69, 9.17) is 9.47 Å². The predicted octanol–water partition coefficient (Wildman–Crippen LogP) is 8.08. The van der Waals surface area contributed by atoms with Crippen LogP contribution < -0.4 is 5.32 Å². The summed E-state index contributed by atoms with van der Waals surface area (Å²) in [4.78, 5) is 13.0. The molecule has 1 fully saturated rings. The molecule has 55 heavy (non-hydrogen) atoms. The number of nitrogens with one attached hydrogen (secondary N) is 1. The van der Waals surface area contributed by atoms with Crippen molar-refractivity contribution in [3.05, 3.63) is 24.3 Å². The van der Waals surface area contributed by atoms with E-state index in [0.717, 1.165) is 44.9 Å². The van der Waals surface area contributed by atoms with Crippen LogP contribution in [0.4, 0.5) is 0 Å². The predicted molar refractivity (Wildman–Crippen MR) is 223 cm³/mol. The third-order valence-corrected chi connectivity index (χ3v) is 10.9. The molecular formula is C45H85NO9. The maximum absolute atomic E-state index is 13.0. The molecule has 0 aromatic heterocycles. The van der Waals surface area contributed by atoms with Gasteiger partial charge in [-0.05, 0) is 44.9 Å². The van der Waals surface area contributed by atoms with Crippen molar-refractivity contribution < 1.29 is 44.9 Å². The Kier molecular flexibility index (Phi) is 33.6. The number of hydrogen-bond acceptors (Lipinski definition) is 9. The summed E-state index contributed by atoms with van der Waals surface area (Å²) in [6.07, 6.45) is 31.1. The van der Waals surface area contributed by atoms with E-state index in [1.165, 1.54) is 122 Å². The molecule has 1 amide bonds. The Hall–Kier alpha value is -1.37. The van der Waals surface area contributed by atoms with Crippen molar-refractivity contribution in [2.45, 2.75) is 243 Å². The zero-order valence-corrected chi connectivity index (χ0v) is 35.0. The molecule has 0 radical (unpaired) electrons. The lowest BCUT2D eigenvalue weighted by Gasteiger charge is -2.40. The molecule has 8 atom stereocenters. The zero-order valence-electron chi connectivity index (χ0n) is 35.0. The largest absolute Gasteiger partial charge is 0.394 e. The van der Waals surface area contributed by atoms with Gasteiger partial charge in [-0.2, -0.15) is 0 Å². The summed E-state index contributed by atoms with van der Waals surface area (Å²) < 4.78 is 11.1. The fraction of sp³-hybridized carbons (Fsp3) is 0.889. The number of ether oxygens (including phenoxy) is 2. The van der Waals surface area contributed by atoms with Crippen LogP contribution in [0, 0.1) is 0 Å². The Morgan fingerprint density at radius 2 is 1.05 bits per heavy atom. The average molecular weight is 784 g/mol. The molecular weight excluding hydrogens is 698 g/mol. The second kappa shape index (κ2) is 35.8. The molecule has 10 nitrogen and oxygen atoms in total. The summed E-state index contributed by atoms with van der Waals surface area (Å²) in [6, 6.07) is -0.979. The quantitative estimate of drug-likeness (QED) is 0.0243. The van der Waals surface area contributed by atoms with Crippen molar-refractivity contribution in [3.8, 4) is 0 Å². The third kappa shape index (κ3) is 26.3. The topological polar surface area (TPSA) is 169 Å². The van der Waals surface area contributed by atoms with Gasteiger partial charge in [0.25, 0.3) is 0 Å². The second-order valence-electron chi connectivity index (χ2n) is 16.0. The first kappa shape index (κ1) is 51.6. The van der Waals surface area contributed by atoms with E-state index >= 15 is 0 Å². The highest BCUT2D eigenvalue weighted by molar-refractivity contribution is 5.80. The van der Waals surface area contributed by atoms with Gasteiger partial charge in [-0.3, -0.25) is 4.79 Å². The van der Waals surface area contributed by atoms with Crippen LogP contribution in [0.5, 0.6) is 0 Å². The molecule has 1 rings (SSSR count). The highest BCUT2D eigenvalue weighted by Gasteiger charge is 2.44. The van der Waals surface area contributed by atoms with Crippen LogP contribution >= 0.6 is 0 Å². The van der Waals surface area contributed by atoms with Gasteiger partial charge in [0.15, 0.2) is 6.29 Å². The third-order valence-electron chi connectivity index (χ3n) is 10.9. The molecule has 0 aromatic rings. The molecule has 324 valence electrons. The molecule has 7 N–H and O–H groups in total. The van der Waals surface area contributed by atoms with Gasteiger partial charge in [0.05, 0.1) is 25.4 Å². The van der Waals surface area contributed by atoms with Crippen LogP contribution in [-0.2, 0) is 14.3 Å². The van der Waals surface area contributed by atoms with E-state index in [0.29, 0.717) is 12.8 Å². The van der Waals surface area contributed by atoms with E-state index < -0.39 is 61.5 Å². The number of aliphatic hydroxyl groups is 6. The maximum atomic E-state index is 13.0. The van der Waals surface area contributed by atoms with Crippen molar-refractivity contribution in [2.24, 2.45) is 0 Å². The first-order chi connectivity index (χ1) is 26.8. The second-order valence-corrected chi connectivity index (χ2v) is 16.0. The van der Waals surface area contributed by atoms with E-state index in [-0.39, 0.29) is 6.61 Å². The van der Waals surface area contributed by atoms with Gasteiger partial charge < -0.3 is 45.4 Å². The van der Waals surface area contributed by atoms with Gasteiger partial charge in [-0.25, -0.2) is 0 Å². The Morgan fingerprint density at radius 3 is 1.53 bits per heavy atom. The number of hydrogen-bond donors (Lipinski definition) is 7. The molecule has 0 aliphatic carbocycles. The van der Waals surface area contributed by atoms with Crippen LogP contribution in [-0.4, -0.2) is 98.7 Å². The molecule has 1 saturated heterocycles. The monoisotopic (exact) mass is 784 g/mol. The minimum absolute atomic E-state index is 0.304. The molecule has 1 aliphatic heterocycles. The first-order valence-electron chi connectivity index (χ1n) is 22.7. The van der Waals surface area contributed by atoms with Gasteiger partial charge in [0, 0.05) is 0 Å². The number of carbonyl (C=O) groups excluding carboxylic acids is 1. The fourth-order valence-corrected chi connectivity index (χ4v) is 7.10. The SMILES string of the molecule is CCCCCCCC/C=C\CCCCCCCCC(O)C(=O)NC(COC1OC(CO)C(O)C(O)C1O)C(O)/C=C/CCCCCCCCCCCCCC. The van der Waals surface area contributed by atoms with Crippen molar-refractivity contribution in [1.82, 2.24) is 5.32 Å². The van der Waals surface area contributed by atoms with Gasteiger partial charge >= 0.3 is 0 Å². The Labute approximate surface area is 335 Å². The molecule has 10 heteroatoms. The number of carbonyl (C=O) groups is 1. The molecule has 0 bridgehead atoms. The van der Waals surface area contributed by atoms with Crippen LogP contribution in [0.1, 0.15) is 194 Å². The van der Waals surface area contributed by atoms with Gasteiger partial charge in [0.2, 0.25) is 5.91 Å². The Morgan fingerprint density at radius 1 is 0.618 bits per heavy atom. The molecule has 0 spiro atoms. The van der Waals surface area contributed by atoms with Gasteiger partial charge in [-0.1, -0.05) is 173 Å². The minimum Gasteiger partial charge on any atom is -0.394 e. The maximum Gasteiger partial charge on any atom is 0.249 e. The smallest absolute Gasteiger partial charge is 0.249 e. The Balaban J connectivity index is 2.44. The van der Waals surface area contributed by atoms with E-state index in [1.54, 1.807) is 6.08 Å². The summed E-state index contributed by atoms with van der Waals surface area (Å²) in [5.74, 6) is -0.622. The minimum atomic E-state index is -1.61. The average Bonchev–Trinajstić information content (AvgIpc) is 3.18. The summed E-state index contributed by atoms with van der Waals surface area (Å²) in [6.45, 7) is 3.59. The number of aliphatic hydroxyl groups excluding tert-OH is 6. The van der Waals surface area contributed by atoms with Crippen molar-refractivity contribution in [2.75, 3.05) is 13.2 Å². The molecule has 1 aliphatic rings. The van der Waals surface area contributed by atoms with Crippen molar-refractivity contribution in [3.63, 3.8) is 0 Å². The van der Waals surface area contributed by atoms with Crippen LogP contribution in [0.25, 0.3) is 0 Å². The molecule has 0 aromatic carbocycles. The lowest BCUT2D eigenvalue weighted by atomic mass is 9.99. The molecule has 8 unspecified atom stereocenters. The van der Waals surface area contributed by atoms with E-state index in [9.17, 15) is 35.4 Å². The highest BCUT2D eigenvalue weighted by atomic mass is 16.7. The summed E-state index contributed by atoms with van der Waals surface area (Å²) in [5, 5.41) is 64.6. The van der Waals surface area contributed by atoms with Crippen LogP contribution in [0.2, 0.25) is 0 Å². The molecule has 0 saturated carbocycles. The molecule has 1 heterocycles. The number of rotatable bonds is 37. The number of amides is 1. The van der Waals surface area contributed by atoms with Crippen molar-refractivity contribution >= 4 is 5.91 Å². The zero-order chi connectivity index (χ0) is 40.4. The lowest BCUT2D eigenvalue weighted by molar-refractivity contribution is -0.302. The summed E-state index contributed by atoms with van der Waals surface area (Å²) in [5.41, 5.74) is 0. The van der Waals surface area contributed by atoms with E-state index in [1.807, 2.05) is 6.08 Å². The van der Waals surface area contributed by atoms with E-state index in [2.05, 4.69) is 31.3 Å². The van der Waals surface area contributed by atoms with Gasteiger partial charge in [0.1, 0.15) is 30.5 Å². The summed E-state index contributed by atoms with van der Waals surface area (Å²) in [7, 11) is 0. The van der Waals surface area contributed by atoms with Gasteiger partial charge in [-0.15, -0.1) is 0 Å². The van der Waals surface area contributed by atoms with Crippen molar-refractivity contribution in [1.29, 1.82) is 0 Å². The van der Waals surface area contributed by atoms with Crippen LogP contribution in [0.3, 0.4) is 0 Å². The fourth-order valence-electron chi connectivity index (χ4n) is 7.10. The number of allylic oxidation sites excluding steroid dienone is 3. The first-order valence-corrected chi connectivity index (χ1v) is 22.7. The standard InChI is InChI=1S/C45H85NO9/c1-3-5-7-9-11-13-15-17-19-20-22-24-26-28-30-32-34-39(49)44(53)46-37(36-54-45-43(52)42(51)41(50)40(35-47)55-45)38(48)33-31-29-27-25-23-21-18-16-14-12-10-8-6-4-2/h17,19,31,33,37-43,45,47-52H,3-16,18,20-30,32,34-36H2,1-2H3,(H,46,53)/b19-17-,33-31+. The Bertz CT molecular complexity index is 932. The number of unbranched alkanes of at least 4 members (excludes halogenated alkanes) is 24. The normalized spacial score (nSPS) is 22.1. The summed E-state index contributed by atoms with van der Waals surface area (Å²) >= 11 is 0. The highest BCUT2D eigenvalue weighted by Crippen LogP contribution is 2.22. The van der Waals surface area contributed by atoms with Crippen LogP contribution in [0.15, 0.2) is 24.3 Å². The lowest BCUT2D eigenvalue weighted by Crippen LogP contribution is -2.60.